The second-order valence-corrected chi connectivity index (χ2v) is 9.74. The van der Waals surface area contributed by atoms with Gasteiger partial charge in [-0.25, -0.2) is 4.99 Å². The SMILES string of the molecule is CCC(F)(F)C1=NC(c2ccc(C(=O)C(=N)C[C@H](C)CC3CCC4(CC4)C3)cc2)=C=CO1. The number of aliphatic imine (C=N–C) groups is 1. The first-order chi connectivity index (χ1) is 15.2. The highest BCUT2D eigenvalue weighted by molar-refractivity contribution is 6.44. The molecule has 3 aliphatic rings. The maximum absolute atomic E-state index is 13.9. The highest BCUT2D eigenvalue weighted by Crippen LogP contribution is 2.60. The summed E-state index contributed by atoms with van der Waals surface area (Å²) in [6, 6.07) is 6.51. The topological polar surface area (TPSA) is 62.5 Å². The van der Waals surface area contributed by atoms with Crippen molar-refractivity contribution in [2.24, 2.45) is 22.2 Å². The van der Waals surface area contributed by atoms with Crippen LogP contribution in [0.1, 0.15) is 81.1 Å². The Morgan fingerprint density at radius 2 is 2.03 bits per heavy atom. The molecule has 2 saturated carbocycles. The Bertz CT molecular complexity index is 999. The molecule has 1 aromatic carbocycles. The number of nitrogens with zero attached hydrogens (tertiary/aromatic N) is 1. The van der Waals surface area contributed by atoms with Gasteiger partial charge in [-0.3, -0.25) is 4.79 Å². The van der Waals surface area contributed by atoms with Gasteiger partial charge in [0, 0.05) is 17.5 Å². The van der Waals surface area contributed by atoms with E-state index in [1.54, 1.807) is 24.3 Å². The van der Waals surface area contributed by atoms with Crippen LogP contribution in [0, 0.1) is 22.7 Å². The fourth-order valence-electron chi connectivity index (χ4n) is 4.97. The number of hydrogen-bond acceptors (Lipinski definition) is 4. The summed E-state index contributed by atoms with van der Waals surface area (Å²) in [7, 11) is 0. The fourth-order valence-corrected chi connectivity index (χ4v) is 4.97. The Morgan fingerprint density at radius 3 is 2.66 bits per heavy atom. The number of halogens is 2. The van der Waals surface area contributed by atoms with Gasteiger partial charge in [-0.1, -0.05) is 43.8 Å². The molecule has 4 rings (SSSR count). The minimum Gasteiger partial charge on any atom is -0.437 e. The molecule has 0 amide bonds. The van der Waals surface area contributed by atoms with Crippen molar-refractivity contribution in [2.45, 2.75) is 71.1 Å². The Hall–Kier alpha value is -2.59. The zero-order chi connectivity index (χ0) is 22.9. The average Bonchev–Trinajstić information content (AvgIpc) is 3.44. The second kappa shape index (κ2) is 8.74. The summed E-state index contributed by atoms with van der Waals surface area (Å²) < 4.78 is 32.6. The maximum Gasteiger partial charge on any atom is 0.322 e. The quantitative estimate of drug-likeness (QED) is 0.260. The lowest BCUT2D eigenvalue weighted by Gasteiger charge is -2.17. The van der Waals surface area contributed by atoms with Crippen molar-refractivity contribution in [1.82, 2.24) is 0 Å². The predicted molar refractivity (Wildman–Crippen MR) is 121 cm³/mol. The number of ketones is 1. The van der Waals surface area contributed by atoms with Crippen LogP contribution in [-0.4, -0.2) is 23.3 Å². The van der Waals surface area contributed by atoms with Gasteiger partial charge in [0.1, 0.15) is 12.0 Å². The van der Waals surface area contributed by atoms with Gasteiger partial charge < -0.3 is 10.1 Å². The van der Waals surface area contributed by atoms with Gasteiger partial charge in [-0.05, 0) is 62.2 Å². The molecule has 32 heavy (non-hydrogen) atoms. The predicted octanol–water partition coefficient (Wildman–Crippen LogP) is 6.81. The van der Waals surface area contributed by atoms with E-state index in [2.05, 4.69) is 17.6 Å². The first-order valence-corrected chi connectivity index (χ1v) is 11.5. The Labute approximate surface area is 188 Å². The summed E-state index contributed by atoms with van der Waals surface area (Å²) in [5, 5.41) is 8.30. The largest absolute Gasteiger partial charge is 0.437 e. The van der Waals surface area contributed by atoms with Crippen LogP contribution in [0.2, 0.25) is 0 Å². The van der Waals surface area contributed by atoms with E-state index in [1.165, 1.54) is 39.0 Å². The van der Waals surface area contributed by atoms with E-state index in [0.29, 0.717) is 28.9 Å². The molecule has 1 N–H and O–H groups in total. The number of ether oxygens (including phenoxy) is 1. The third-order valence-corrected chi connectivity index (χ3v) is 7.08. The molecule has 2 fully saturated rings. The number of rotatable bonds is 9. The van der Waals surface area contributed by atoms with Gasteiger partial charge in [-0.2, -0.15) is 8.78 Å². The third-order valence-electron chi connectivity index (χ3n) is 7.08. The molecule has 0 radical (unpaired) electrons. The van der Waals surface area contributed by atoms with Crippen LogP contribution < -0.4 is 0 Å². The van der Waals surface area contributed by atoms with Crippen LogP contribution in [-0.2, 0) is 4.74 Å². The van der Waals surface area contributed by atoms with E-state index in [-0.39, 0.29) is 17.2 Å². The molecule has 4 nitrogen and oxygen atoms in total. The molecular formula is C26H30F2N2O2. The van der Waals surface area contributed by atoms with Crippen LogP contribution in [0.3, 0.4) is 0 Å². The fraction of sp³-hybridized carbons (Fsp3) is 0.538. The van der Waals surface area contributed by atoms with Crippen LogP contribution in [0.15, 0.2) is 41.3 Å². The zero-order valence-corrected chi connectivity index (χ0v) is 18.7. The monoisotopic (exact) mass is 440 g/mol. The third kappa shape index (κ3) is 4.91. The smallest absolute Gasteiger partial charge is 0.322 e. The number of Topliss-reactive ketones (excluding diaryl/α,β-unsaturated/α-hetero) is 1. The molecule has 0 saturated heterocycles. The highest BCUT2D eigenvalue weighted by atomic mass is 19.3. The van der Waals surface area contributed by atoms with Crippen molar-refractivity contribution < 1.29 is 18.3 Å². The molecule has 170 valence electrons. The van der Waals surface area contributed by atoms with Crippen LogP contribution >= 0.6 is 0 Å². The Balaban J connectivity index is 1.35. The Kier molecular flexibility index (Phi) is 6.17. The molecule has 1 heterocycles. The first-order valence-electron chi connectivity index (χ1n) is 11.5. The highest BCUT2D eigenvalue weighted by Gasteiger charge is 2.48. The van der Waals surface area contributed by atoms with Gasteiger partial charge in [0.2, 0.25) is 5.78 Å². The lowest BCUT2D eigenvalue weighted by molar-refractivity contribution is 0.0520. The lowest BCUT2D eigenvalue weighted by Crippen LogP contribution is -2.29. The number of carbonyl (C=O) groups is 1. The van der Waals surface area contributed by atoms with Crippen LogP contribution in [0.5, 0.6) is 0 Å². The number of hydrogen-bond donors (Lipinski definition) is 1. The molecule has 6 heteroatoms. The van der Waals surface area contributed by atoms with Crippen molar-refractivity contribution in [1.29, 1.82) is 5.41 Å². The number of nitrogens with one attached hydrogen (secondary N) is 1. The van der Waals surface area contributed by atoms with Crippen LogP contribution in [0.4, 0.5) is 8.78 Å². The van der Waals surface area contributed by atoms with E-state index < -0.39 is 18.2 Å². The minimum absolute atomic E-state index is 0.123. The van der Waals surface area contributed by atoms with E-state index in [4.69, 9.17) is 10.1 Å². The van der Waals surface area contributed by atoms with Crippen molar-refractivity contribution in [2.75, 3.05) is 0 Å². The number of benzene rings is 1. The van der Waals surface area contributed by atoms with Crippen molar-refractivity contribution in [3.8, 4) is 0 Å². The summed E-state index contributed by atoms with van der Waals surface area (Å²) >= 11 is 0. The molecule has 2 atom stereocenters. The number of carbonyl (C=O) groups excluding carboxylic acids is 1. The maximum atomic E-state index is 13.9. The standard InChI is InChI=1S/C26H30F2N2O2/c1-3-26(27,28)24-30-22(9-13-32-24)19-4-6-20(7-5-19)23(31)21(29)15-17(2)14-18-8-10-25(16-18)11-12-25/h4-7,13,17-18,29H,3,8,10-12,14-16H2,1-2H3/t17-,18?/m1/s1. The molecule has 2 aliphatic carbocycles. The molecule has 1 aliphatic heterocycles. The van der Waals surface area contributed by atoms with Gasteiger partial charge in [0.05, 0.1) is 5.71 Å². The molecule has 0 bridgehead atoms. The summed E-state index contributed by atoms with van der Waals surface area (Å²) in [6.07, 6.45) is 8.96. The summed E-state index contributed by atoms with van der Waals surface area (Å²) in [4.78, 5) is 16.6. The molecule has 1 unspecified atom stereocenters. The minimum atomic E-state index is -3.15. The van der Waals surface area contributed by atoms with Crippen LogP contribution in [0.25, 0.3) is 5.70 Å². The van der Waals surface area contributed by atoms with Crippen molar-refractivity contribution >= 4 is 23.1 Å². The summed E-state index contributed by atoms with van der Waals surface area (Å²) in [5.41, 5.74) is 4.71. The van der Waals surface area contributed by atoms with Gasteiger partial charge in [0.15, 0.2) is 0 Å². The lowest BCUT2D eigenvalue weighted by atomic mass is 9.88. The zero-order valence-electron chi connectivity index (χ0n) is 18.7. The normalized spacial score (nSPS) is 22.2. The number of alkyl halides is 2. The van der Waals surface area contributed by atoms with E-state index in [9.17, 15) is 13.6 Å². The molecule has 0 aromatic heterocycles. The second-order valence-electron chi connectivity index (χ2n) is 9.74. The van der Waals surface area contributed by atoms with Crippen molar-refractivity contribution in [3.05, 3.63) is 47.4 Å². The van der Waals surface area contributed by atoms with Gasteiger partial charge in [-0.15, -0.1) is 0 Å². The summed E-state index contributed by atoms with van der Waals surface area (Å²) in [5.74, 6) is -3.04. The molecular weight excluding hydrogens is 410 g/mol. The Morgan fingerprint density at radius 1 is 1.31 bits per heavy atom. The molecule has 1 spiro atoms. The average molecular weight is 441 g/mol. The van der Waals surface area contributed by atoms with Gasteiger partial charge in [0.25, 0.3) is 5.90 Å². The van der Waals surface area contributed by atoms with Crippen molar-refractivity contribution in [3.63, 3.8) is 0 Å². The van der Waals surface area contributed by atoms with E-state index >= 15 is 0 Å². The van der Waals surface area contributed by atoms with E-state index in [1.807, 2.05) is 0 Å². The summed E-state index contributed by atoms with van der Waals surface area (Å²) in [6.45, 7) is 3.50. The first kappa shape index (κ1) is 22.6. The molecule has 1 aromatic rings. The van der Waals surface area contributed by atoms with E-state index in [0.717, 1.165) is 18.6 Å². The van der Waals surface area contributed by atoms with Gasteiger partial charge >= 0.3 is 5.92 Å².